The molecular formula is C15H30O7. The number of carboxylic acids is 1. The molecule has 0 aromatic heterocycles. The van der Waals surface area contributed by atoms with Crippen LogP contribution in [0.5, 0.6) is 0 Å². The summed E-state index contributed by atoms with van der Waals surface area (Å²) in [4.78, 5) is 20.0. The summed E-state index contributed by atoms with van der Waals surface area (Å²) in [6.07, 6.45) is 0.987. The zero-order valence-corrected chi connectivity index (χ0v) is 14.2. The van der Waals surface area contributed by atoms with E-state index in [-0.39, 0.29) is 18.2 Å². The van der Waals surface area contributed by atoms with Crippen molar-refractivity contribution in [3.05, 3.63) is 0 Å². The van der Waals surface area contributed by atoms with Crippen molar-refractivity contribution in [2.45, 2.75) is 65.8 Å². The molecule has 3 unspecified atom stereocenters. The molecule has 0 rings (SSSR count). The van der Waals surface area contributed by atoms with Gasteiger partial charge in [-0.15, -0.1) is 0 Å². The van der Waals surface area contributed by atoms with Gasteiger partial charge < -0.3 is 24.4 Å². The molecule has 22 heavy (non-hydrogen) atoms. The van der Waals surface area contributed by atoms with Crippen molar-refractivity contribution in [3.63, 3.8) is 0 Å². The highest BCUT2D eigenvalue weighted by Crippen LogP contribution is 1.99. The monoisotopic (exact) mass is 322 g/mol. The molecule has 0 aromatic carbocycles. The van der Waals surface area contributed by atoms with Gasteiger partial charge >= 0.3 is 11.9 Å². The van der Waals surface area contributed by atoms with Gasteiger partial charge in [-0.25, -0.2) is 4.79 Å². The van der Waals surface area contributed by atoms with Gasteiger partial charge in [0.15, 0.2) is 0 Å². The average molecular weight is 322 g/mol. The standard InChI is InChI=1S/C12H24O4.C3H6O3/c1-5-6-7-14-10(2)8-15-11(3)9-16-12(4)13;1-2(4)3(5)6/h10-11H,5-9H2,1-4H3;2,4H,1H3,(H,5,6). The van der Waals surface area contributed by atoms with E-state index in [9.17, 15) is 9.59 Å². The molecule has 0 saturated carbocycles. The molecule has 0 spiro atoms. The highest BCUT2D eigenvalue weighted by atomic mass is 16.6. The molecule has 0 heterocycles. The van der Waals surface area contributed by atoms with Crippen LogP contribution in [0.25, 0.3) is 0 Å². The number of carboxylic acid groups (broad SMARTS) is 1. The second-order valence-corrected chi connectivity index (χ2v) is 5.00. The van der Waals surface area contributed by atoms with E-state index >= 15 is 0 Å². The first-order chi connectivity index (χ1) is 10.2. The Kier molecular flexibility index (Phi) is 15.5. The molecule has 3 atom stereocenters. The predicted octanol–water partition coefficient (Wildman–Crippen LogP) is 1.61. The van der Waals surface area contributed by atoms with E-state index in [0.717, 1.165) is 19.4 Å². The molecule has 0 aromatic rings. The van der Waals surface area contributed by atoms with Crippen molar-refractivity contribution in [2.75, 3.05) is 19.8 Å². The Morgan fingerprint density at radius 3 is 1.95 bits per heavy atom. The summed E-state index contributed by atoms with van der Waals surface area (Å²) in [6, 6.07) is 0. The van der Waals surface area contributed by atoms with Crippen LogP contribution in [0.15, 0.2) is 0 Å². The smallest absolute Gasteiger partial charge is 0.332 e. The number of aliphatic carboxylic acids is 1. The summed E-state index contributed by atoms with van der Waals surface area (Å²) in [5, 5.41) is 15.8. The van der Waals surface area contributed by atoms with Gasteiger partial charge in [0.2, 0.25) is 0 Å². The molecule has 0 fully saturated rings. The van der Waals surface area contributed by atoms with Crippen LogP contribution in [0.3, 0.4) is 0 Å². The molecule has 0 radical (unpaired) electrons. The van der Waals surface area contributed by atoms with Gasteiger partial charge in [0.25, 0.3) is 0 Å². The number of hydrogen-bond donors (Lipinski definition) is 2. The number of aliphatic hydroxyl groups excluding tert-OH is 1. The molecule has 0 saturated heterocycles. The van der Waals surface area contributed by atoms with Gasteiger partial charge in [0.1, 0.15) is 12.7 Å². The van der Waals surface area contributed by atoms with E-state index in [1.807, 2.05) is 13.8 Å². The molecule has 0 bridgehead atoms. The first-order valence-electron chi connectivity index (χ1n) is 7.48. The number of hydrogen-bond acceptors (Lipinski definition) is 6. The highest BCUT2D eigenvalue weighted by molar-refractivity contribution is 5.71. The number of unbranched alkanes of at least 4 members (excludes halogenated alkanes) is 1. The maximum absolute atomic E-state index is 10.6. The minimum atomic E-state index is -1.23. The fraction of sp³-hybridized carbons (Fsp3) is 0.867. The first-order valence-corrected chi connectivity index (χ1v) is 7.48. The average Bonchev–Trinajstić information content (AvgIpc) is 2.43. The SMILES string of the molecule is CC(O)C(=O)O.CCCCOC(C)COC(C)COC(C)=O. The van der Waals surface area contributed by atoms with E-state index in [4.69, 9.17) is 24.4 Å². The maximum Gasteiger partial charge on any atom is 0.332 e. The molecule has 0 aliphatic carbocycles. The van der Waals surface area contributed by atoms with Crippen LogP contribution >= 0.6 is 0 Å². The molecule has 0 aliphatic heterocycles. The van der Waals surface area contributed by atoms with Crippen LogP contribution in [0.4, 0.5) is 0 Å². The number of esters is 1. The largest absolute Gasteiger partial charge is 0.479 e. The lowest BCUT2D eigenvalue weighted by atomic mass is 10.3. The van der Waals surface area contributed by atoms with Crippen LogP contribution in [0.2, 0.25) is 0 Å². The first kappa shape index (κ1) is 23.1. The van der Waals surface area contributed by atoms with Gasteiger partial charge in [-0.3, -0.25) is 4.79 Å². The molecule has 0 amide bonds. The van der Waals surface area contributed by atoms with Crippen LogP contribution in [-0.2, 0) is 23.8 Å². The van der Waals surface area contributed by atoms with Crippen molar-refractivity contribution in [3.8, 4) is 0 Å². The van der Waals surface area contributed by atoms with E-state index in [2.05, 4.69) is 6.92 Å². The topological polar surface area (TPSA) is 102 Å². The summed E-state index contributed by atoms with van der Waals surface area (Å²) in [5.41, 5.74) is 0. The second-order valence-electron chi connectivity index (χ2n) is 5.00. The van der Waals surface area contributed by atoms with E-state index < -0.39 is 12.1 Å². The maximum atomic E-state index is 10.6. The molecule has 7 nitrogen and oxygen atoms in total. The number of carbonyl (C=O) groups excluding carboxylic acids is 1. The Labute approximate surface area is 132 Å². The van der Waals surface area contributed by atoms with Crippen molar-refractivity contribution in [2.24, 2.45) is 0 Å². The van der Waals surface area contributed by atoms with Crippen molar-refractivity contribution >= 4 is 11.9 Å². The summed E-state index contributed by atoms with van der Waals surface area (Å²) in [6.45, 7) is 10.2. The van der Waals surface area contributed by atoms with E-state index in [1.165, 1.54) is 13.8 Å². The zero-order valence-electron chi connectivity index (χ0n) is 14.2. The third-order valence-electron chi connectivity index (χ3n) is 2.39. The predicted molar refractivity (Wildman–Crippen MR) is 81.7 cm³/mol. The quantitative estimate of drug-likeness (QED) is 0.465. The number of aliphatic hydroxyl groups is 1. The minimum absolute atomic E-state index is 0.0823. The summed E-state index contributed by atoms with van der Waals surface area (Å²) < 4.78 is 15.8. The van der Waals surface area contributed by atoms with Gasteiger partial charge in [0.05, 0.1) is 18.8 Å². The molecule has 7 heteroatoms. The lowest BCUT2D eigenvalue weighted by Gasteiger charge is -2.17. The van der Waals surface area contributed by atoms with Gasteiger partial charge in [-0.1, -0.05) is 13.3 Å². The molecule has 0 aliphatic rings. The van der Waals surface area contributed by atoms with Gasteiger partial charge in [-0.2, -0.15) is 0 Å². The minimum Gasteiger partial charge on any atom is -0.479 e. The van der Waals surface area contributed by atoms with Crippen LogP contribution in [0, 0.1) is 0 Å². The Morgan fingerprint density at radius 2 is 1.55 bits per heavy atom. The van der Waals surface area contributed by atoms with Gasteiger partial charge in [-0.05, 0) is 27.2 Å². The van der Waals surface area contributed by atoms with E-state index in [1.54, 1.807) is 0 Å². The lowest BCUT2D eigenvalue weighted by molar-refractivity contribution is -0.146. The Morgan fingerprint density at radius 1 is 1.05 bits per heavy atom. The highest BCUT2D eigenvalue weighted by Gasteiger charge is 2.08. The Bertz CT molecular complexity index is 292. The molecule has 2 N–H and O–H groups in total. The Balaban J connectivity index is 0. The number of ether oxygens (including phenoxy) is 3. The molecular weight excluding hydrogens is 292 g/mol. The van der Waals surface area contributed by atoms with Crippen molar-refractivity contribution in [1.82, 2.24) is 0 Å². The second kappa shape index (κ2) is 14.7. The van der Waals surface area contributed by atoms with Crippen LogP contribution < -0.4 is 0 Å². The van der Waals surface area contributed by atoms with Gasteiger partial charge in [0, 0.05) is 13.5 Å². The lowest BCUT2D eigenvalue weighted by Crippen LogP contribution is -2.24. The zero-order chi connectivity index (χ0) is 17.5. The fourth-order valence-electron chi connectivity index (χ4n) is 1.06. The summed E-state index contributed by atoms with van der Waals surface area (Å²) in [7, 11) is 0. The third kappa shape index (κ3) is 18.8. The molecule has 132 valence electrons. The van der Waals surface area contributed by atoms with Crippen LogP contribution in [-0.4, -0.2) is 60.3 Å². The van der Waals surface area contributed by atoms with Crippen LogP contribution in [0.1, 0.15) is 47.5 Å². The van der Waals surface area contributed by atoms with Crippen molar-refractivity contribution in [1.29, 1.82) is 0 Å². The normalized spacial score (nSPS) is 14.3. The fourth-order valence-corrected chi connectivity index (χ4v) is 1.06. The summed E-state index contributed by atoms with van der Waals surface area (Å²) >= 11 is 0. The Hall–Kier alpha value is -1.18. The third-order valence-corrected chi connectivity index (χ3v) is 2.39. The summed E-state index contributed by atoms with van der Waals surface area (Å²) in [5.74, 6) is -1.46. The van der Waals surface area contributed by atoms with Crippen molar-refractivity contribution < 1.29 is 34.0 Å². The van der Waals surface area contributed by atoms with E-state index in [0.29, 0.717) is 13.2 Å². The number of rotatable bonds is 10. The number of carbonyl (C=O) groups is 2.